The van der Waals surface area contributed by atoms with Crippen molar-refractivity contribution in [2.75, 3.05) is 0 Å². The monoisotopic (exact) mass is 937 g/mol. The molecule has 0 atom stereocenters. The van der Waals surface area contributed by atoms with Crippen LogP contribution in [0, 0.1) is 23.7 Å². The second-order valence-corrected chi connectivity index (χ2v) is 22.4. The second kappa shape index (κ2) is 16.3. The summed E-state index contributed by atoms with van der Waals surface area (Å²) in [7, 11) is 0. The van der Waals surface area contributed by atoms with E-state index in [1.165, 1.54) is 93.3 Å². The third-order valence-electron chi connectivity index (χ3n) is 18.1. The highest BCUT2D eigenvalue weighted by molar-refractivity contribution is 5.89. The van der Waals surface area contributed by atoms with Crippen LogP contribution in [0.3, 0.4) is 0 Å². The fourth-order valence-corrected chi connectivity index (χ4v) is 15.0. The summed E-state index contributed by atoms with van der Waals surface area (Å²) in [4.78, 5) is 16.1. The second-order valence-electron chi connectivity index (χ2n) is 22.4. The van der Waals surface area contributed by atoms with Gasteiger partial charge in [0.25, 0.3) is 0 Å². The normalized spacial score (nSPS) is 21.2. The van der Waals surface area contributed by atoms with E-state index >= 15 is 0 Å². The molecule has 0 saturated heterocycles. The molecule has 6 aliphatic rings. The van der Waals surface area contributed by atoms with Crippen LogP contribution >= 0.6 is 0 Å². The zero-order valence-electron chi connectivity index (χ0n) is 41.4. The number of benzene rings is 9. The van der Waals surface area contributed by atoms with Crippen LogP contribution in [0.15, 0.2) is 212 Å². The van der Waals surface area contributed by atoms with Crippen molar-refractivity contribution in [2.24, 2.45) is 23.7 Å². The van der Waals surface area contributed by atoms with Gasteiger partial charge in [-0.1, -0.05) is 196 Å². The van der Waals surface area contributed by atoms with E-state index in [4.69, 9.17) is 15.0 Å². The van der Waals surface area contributed by atoms with Crippen LogP contribution in [-0.2, 0) is 10.8 Å². The summed E-state index contributed by atoms with van der Waals surface area (Å²) in [5, 5.41) is 0. The Balaban J connectivity index is 0.920. The Morgan fingerprint density at radius 2 is 0.658 bits per heavy atom. The van der Waals surface area contributed by atoms with E-state index in [0.29, 0.717) is 29.3 Å². The first-order valence-electron chi connectivity index (χ1n) is 26.6. The van der Waals surface area contributed by atoms with E-state index in [2.05, 4.69) is 226 Å². The van der Waals surface area contributed by atoms with Crippen molar-refractivity contribution in [3.63, 3.8) is 0 Å². The number of hydrogen-bond donors (Lipinski definition) is 0. The van der Waals surface area contributed by atoms with Crippen molar-refractivity contribution in [3.05, 3.63) is 235 Å². The zero-order valence-corrected chi connectivity index (χ0v) is 41.4. The van der Waals surface area contributed by atoms with Crippen molar-refractivity contribution in [2.45, 2.75) is 56.8 Å². The number of fused-ring (bicyclic) bond motifs is 6. The molecule has 3 nitrogen and oxygen atoms in total. The van der Waals surface area contributed by atoms with Crippen LogP contribution in [0.2, 0.25) is 0 Å². The smallest absolute Gasteiger partial charge is 0.164 e. The fourth-order valence-electron chi connectivity index (χ4n) is 15.0. The molecule has 1 heterocycles. The van der Waals surface area contributed by atoms with E-state index in [1.54, 1.807) is 11.1 Å². The molecule has 1 aromatic heterocycles. The quantitative estimate of drug-likeness (QED) is 0.160. The Kier molecular flexibility index (Phi) is 9.50. The van der Waals surface area contributed by atoms with Gasteiger partial charge in [0, 0.05) is 27.5 Å². The molecule has 6 aliphatic carbocycles. The van der Waals surface area contributed by atoms with Gasteiger partial charge in [-0.25, -0.2) is 15.0 Å². The fraction of sp³-hybridized carbons (Fsp3) is 0.186. The van der Waals surface area contributed by atoms with Crippen molar-refractivity contribution >= 4 is 0 Å². The first-order chi connectivity index (χ1) is 35.8. The summed E-state index contributed by atoms with van der Waals surface area (Å²) >= 11 is 0. The molecule has 0 unspecified atom stereocenters. The highest BCUT2D eigenvalue weighted by Crippen LogP contribution is 2.69. The van der Waals surface area contributed by atoms with E-state index < -0.39 is 0 Å². The van der Waals surface area contributed by atoms with Crippen molar-refractivity contribution in [3.8, 4) is 101 Å². The lowest BCUT2D eigenvalue weighted by atomic mass is 9.43. The summed E-state index contributed by atoms with van der Waals surface area (Å²) in [6.45, 7) is 4.75. The molecule has 0 radical (unpaired) electrons. The first-order valence-corrected chi connectivity index (χ1v) is 26.6. The lowest BCUT2D eigenvalue weighted by molar-refractivity contribution is -0.0399. The van der Waals surface area contributed by atoms with Crippen molar-refractivity contribution in [1.29, 1.82) is 0 Å². The average molecular weight is 938 g/mol. The molecule has 9 aromatic carbocycles. The van der Waals surface area contributed by atoms with Crippen LogP contribution in [-0.4, -0.2) is 15.0 Å². The Morgan fingerprint density at radius 3 is 1.19 bits per heavy atom. The van der Waals surface area contributed by atoms with Crippen LogP contribution in [0.4, 0.5) is 0 Å². The molecular formula is C70H55N3. The van der Waals surface area contributed by atoms with Crippen LogP contribution in [0.1, 0.15) is 68.2 Å². The van der Waals surface area contributed by atoms with Gasteiger partial charge in [-0.15, -0.1) is 0 Å². The molecule has 350 valence electrons. The number of aromatic nitrogens is 3. The van der Waals surface area contributed by atoms with Gasteiger partial charge in [0.15, 0.2) is 17.5 Å². The molecule has 73 heavy (non-hydrogen) atoms. The molecule has 0 amide bonds. The number of hydrogen-bond acceptors (Lipinski definition) is 3. The van der Waals surface area contributed by atoms with Crippen LogP contribution in [0.25, 0.3) is 101 Å². The van der Waals surface area contributed by atoms with Crippen LogP contribution in [0.5, 0.6) is 0 Å². The SMILES string of the molecule is CC1(C)c2ccccc2-c2ccc(-c3cc(-c4ccc5c(c4)C4(c6ccccc6-5)C5CC6CC(C5)CC4C6)cc(-c4nc(-c5ccc(-c6ccccc6)cc5)nc(-c5ccc(-c6ccccc6)cc5)n4)c3)cc21. The molecule has 0 N–H and O–H groups in total. The summed E-state index contributed by atoms with van der Waals surface area (Å²) in [6, 6.07) is 78.5. The zero-order chi connectivity index (χ0) is 48.4. The first kappa shape index (κ1) is 42.7. The Hall–Kier alpha value is -8.01. The van der Waals surface area contributed by atoms with Gasteiger partial charge < -0.3 is 0 Å². The Bertz CT molecular complexity index is 3680. The summed E-state index contributed by atoms with van der Waals surface area (Å²) in [5.74, 6) is 5.10. The van der Waals surface area contributed by atoms with Gasteiger partial charge in [-0.2, -0.15) is 0 Å². The Morgan fingerprint density at radius 1 is 0.288 bits per heavy atom. The third-order valence-corrected chi connectivity index (χ3v) is 18.1. The summed E-state index contributed by atoms with van der Waals surface area (Å²) in [5.41, 5.74) is 23.7. The maximum Gasteiger partial charge on any atom is 0.164 e. The molecular weight excluding hydrogens is 883 g/mol. The molecule has 10 aromatic rings. The van der Waals surface area contributed by atoms with Crippen molar-refractivity contribution in [1.82, 2.24) is 15.0 Å². The molecule has 4 bridgehead atoms. The van der Waals surface area contributed by atoms with E-state index in [9.17, 15) is 0 Å². The van der Waals surface area contributed by atoms with Gasteiger partial charge >= 0.3 is 0 Å². The average Bonchev–Trinajstić information content (AvgIpc) is 3.88. The van der Waals surface area contributed by atoms with E-state index in [0.717, 1.165) is 45.2 Å². The largest absolute Gasteiger partial charge is 0.208 e. The van der Waals surface area contributed by atoms with Gasteiger partial charge in [-0.05, 0) is 175 Å². The van der Waals surface area contributed by atoms with Gasteiger partial charge in [-0.3, -0.25) is 0 Å². The minimum Gasteiger partial charge on any atom is -0.208 e. The highest BCUT2D eigenvalue weighted by atomic mass is 15.0. The maximum absolute atomic E-state index is 5.43. The minimum atomic E-state index is -0.130. The standard InChI is InChI=1S/C70H55N3/c1-69(2)62-19-11-9-17-58(62)60-31-29-51(41-64(60)69)53-38-54(52-30-32-61-59-18-10-12-20-63(59)70(65(61)42-52)56-34-43-33-44(36-56)37-57(70)35-43)40-55(39-53)68-72-66(49-25-21-47(22-26-49)45-13-5-3-6-14-45)71-67(73-68)50-27-23-48(24-28-50)46-15-7-4-8-16-46/h3-32,38-44,56-57H,33-37H2,1-2H3. The molecule has 16 rings (SSSR count). The number of rotatable bonds is 7. The van der Waals surface area contributed by atoms with Gasteiger partial charge in [0.2, 0.25) is 0 Å². The summed E-state index contributed by atoms with van der Waals surface area (Å²) < 4.78 is 0. The lowest BCUT2D eigenvalue weighted by Gasteiger charge is -2.61. The molecule has 1 spiro atoms. The van der Waals surface area contributed by atoms with Gasteiger partial charge in [0.1, 0.15) is 0 Å². The van der Waals surface area contributed by atoms with Crippen molar-refractivity contribution < 1.29 is 0 Å². The molecule has 4 saturated carbocycles. The molecule has 0 aliphatic heterocycles. The Labute approximate surface area is 428 Å². The summed E-state index contributed by atoms with van der Waals surface area (Å²) in [6.07, 6.45) is 6.88. The lowest BCUT2D eigenvalue weighted by Crippen LogP contribution is -2.55. The minimum absolute atomic E-state index is 0.0699. The van der Waals surface area contributed by atoms with E-state index in [1.807, 2.05) is 0 Å². The van der Waals surface area contributed by atoms with Crippen LogP contribution < -0.4 is 0 Å². The third kappa shape index (κ3) is 6.67. The molecule has 3 heteroatoms. The van der Waals surface area contributed by atoms with Gasteiger partial charge in [0.05, 0.1) is 0 Å². The van der Waals surface area contributed by atoms with E-state index in [-0.39, 0.29) is 10.8 Å². The predicted octanol–water partition coefficient (Wildman–Crippen LogP) is 17.6. The topological polar surface area (TPSA) is 38.7 Å². The number of nitrogens with zero attached hydrogens (tertiary/aromatic N) is 3. The predicted molar refractivity (Wildman–Crippen MR) is 299 cm³/mol. The highest BCUT2D eigenvalue weighted by Gasteiger charge is 2.61. The maximum atomic E-state index is 5.43. The molecule has 4 fully saturated rings.